The van der Waals surface area contributed by atoms with Crippen LogP contribution < -0.4 is 0 Å². The number of hydrogen-bond acceptors (Lipinski definition) is 7. The Morgan fingerprint density at radius 1 is 1.00 bits per heavy atom. The Hall–Kier alpha value is -0.990. The number of esters is 1. The fraction of sp³-hybridized carbons (Fsp3) is 0.870. The van der Waals surface area contributed by atoms with Gasteiger partial charge in [0.25, 0.3) is 0 Å². The first-order valence-corrected chi connectivity index (χ1v) is 11.6. The van der Waals surface area contributed by atoms with Crippen molar-refractivity contribution in [3.63, 3.8) is 0 Å². The summed E-state index contributed by atoms with van der Waals surface area (Å²) < 4.78 is 34.7. The smallest absolute Gasteiger partial charge is 0.305 e. The van der Waals surface area contributed by atoms with Crippen molar-refractivity contribution in [1.29, 1.82) is 0 Å². The largest absolute Gasteiger partial charge is 0.469 e. The number of allylic oxidation sites excluding steroid dienone is 1. The molecule has 3 aliphatic rings. The molecule has 0 radical (unpaired) electrons. The van der Waals surface area contributed by atoms with Crippen molar-refractivity contribution < 1.29 is 33.2 Å². The zero-order chi connectivity index (χ0) is 21.0. The molecule has 0 aromatic rings. The van der Waals surface area contributed by atoms with Gasteiger partial charge in [-0.05, 0) is 57.8 Å². The molecule has 0 spiro atoms. The zero-order valence-corrected chi connectivity index (χ0v) is 18.3. The van der Waals surface area contributed by atoms with Gasteiger partial charge in [0.1, 0.15) is 0 Å². The standard InChI is InChI=1S/C23H38O7/c1-25-21(24)11-5-3-2-4-10-19-18(16-29-22-12-6-8-14-26-22)20(17-28-19)30-23-13-7-9-15-27-23/h2,4,18-20,22-23H,3,5-17H2,1H3/t18-,19-,20-,22?,23?/m1/s1. The summed E-state index contributed by atoms with van der Waals surface area (Å²) in [6.45, 7) is 2.69. The predicted octanol–water partition coefficient (Wildman–Crippen LogP) is 3.75. The first-order chi connectivity index (χ1) is 14.8. The van der Waals surface area contributed by atoms with Crippen LogP contribution in [0.25, 0.3) is 0 Å². The summed E-state index contributed by atoms with van der Waals surface area (Å²) >= 11 is 0. The summed E-state index contributed by atoms with van der Waals surface area (Å²) in [5.74, 6) is -0.00429. The second kappa shape index (κ2) is 13.4. The van der Waals surface area contributed by atoms with E-state index in [1.165, 1.54) is 7.11 Å². The van der Waals surface area contributed by atoms with Gasteiger partial charge in [-0.2, -0.15) is 0 Å². The van der Waals surface area contributed by atoms with Crippen LogP contribution in [0.4, 0.5) is 0 Å². The van der Waals surface area contributed by atoms with Gasteiger partial charge in [0.05, 0.1) is 32.5 Å². The SMILES string of the molecule is COC(=O)CCCC=CC[C@H]1OC[C@@H](OC2CCCCO2)[C@@H]1COC1CCCCO1. The summed E-state index contributed by atoms with van der Waals surface area (Å²) in [5.41, 5.74) is 0. The summed E-state index contributed by atoms with van der Waals surface area (Å²) in [6.07, 6.45) is 13.4. The van der Waals surface area contributed by atoms with Crippen LogP contribution in [-0.4, -0.2) is 64.3 Å². The third-order valence-electron chi connectivity index (χ3n) is 6.02. The monoisotopic (exact) mass is 426 g/mol. The van der Waals surface area contributed by atoms with Gasteiger partial charge in [-0.25, -0.2) is 0 Å². The van der Waals surface area contributed by atoms with Crippen molar-refractivity contribution in [2.24, 2.45) is 5.92 Å². The van der Waals surface area contributed by atoms with Crippen LogP contribution in [0.3, 0.4) is 0 Å². The summed E-state index contributed by atoms with van der Waals surface area (Å²) in [6, 6.07) is 0. The second-order valence-electron chi connectivity index (χ2n) is 8.31. The number of carbonyl (C=O) groups is 1. The summed E-state index contributed by atoms with van der Waals surface area (Å²) in [4.78, 5) is 11.2. The third kappa shape index (κ3) is 7.93. The molecule has 0 aromatic heterocycles. The molecule has 0 amide bonds. The van der Waals surface area contributed by atoms with E-state index in [1.54, 1.807) is 0 Å². The Morgan fingerprint density at radius 2 is 1.77 bits per heavy atom. The van der Waals surface area contributed by atoms with Gasteiger partial charge in [-0.3, -0.25) is 4.79 Å². The van der Waals surface area contributed by atoms with Crippen LogP contribution in [0.2, 0.25) is 0 Å². The van der Waals surface area contributed by atoms with Crippen LogP contribution in [0.1, 0.15) is 64.2 Å². The average molecular weight is 427 g/mol. The molecule has 30 heavy (non-hydrogen) atoms. The highest BCUT2D eigenvalue weighted by Crippen LogP contribution is 2.31. The third-order valence-corrected chi connectivity index (χ3v) is 6.02. The van der Waals surface area contributed by atoms with E-state index in [9.17, 15) is 4.79 Å². The zero-order valence-electron chi connectivity index (χ0n) is 18.3. The molecule has 7 nitrogen and oxygen atoms in total. The van der Waals surface area contributed by atoms with Gasteiger partial charge >= 0.3 is 5.97 Å². The highest BCUT2D eigenvalue weighted by molar-refractivity contribution is 5.69. The topological polar surface area (TPSA) is 72.5 Å². The fourth-order valence-electron chi connectivity index (χ4n) is 4.19. The minimum atomic E-state index is -0.158. The summed E-state index contributed by atoms with van der Waals surface area (Å²) in [5, 5.41) is 0. The number of ether oxygens (including phenoxy) is 6. The normalized spacial score (nSPS) is 32.5. The van der Waals surface area contributed by atoms with Gasteiger partial charge in [-0.15, -0.1) is 0 Å². The van der Waals surface area contributed by atoms with Gasteiger partial charge < -0.3 is 28.4 Å². The van der Waals surface area contributed by atoms with Crippen molar-refractivity contribution in [1.82, 2.24) is 0 Å². The highest BCUT2D eigenvalue weighted by Gasteiger charge is 2.39. The first-order valence-electron chi connectivity index (χ1n) is 11.6. The van der Waals surface area contributed by atoms with E-state index in [0.717, 1.165) is 71.0 Å². The minimum Gasteiger partial charge on any atom is -0.469 e. The lowest BCUT2D eigenvalue weighted by molar-refractivity contribution is -0.208. The number of carbonyl (C=O) groups excluding carboxylic acids is 1. The molecule has 0 aliphatic carbocycles. The van der Waals surface area contributed by atoms with Crippen LogP contribution in [-0.2, 0) is 33.2 Å². The van der Waals surface area contributed by atoms with Crippen molar-refractivity contribution in [2.75, 3.05) is 33.5 Å². The highest BCUT2D eigenvalue weighted by atomic mass is 16.7. The van der Waals surface area contributed by atoms with E-state index >= 15 is 0 Å². The molecule has 0 bridgehead atoms. The molecule has 5 atom stereocenters. The van der Waals surface area contributed by atoms with E-state index in [-0.39, 0.29) is 36.7 Å². The van der Waals surface area contributed by atoms with Crippen LogP contribution >= 0.6 is 0 Å². The van der Waals surface area contributed by atoms with Gasteiger partial charge in [0.15, 0.2) is 12.6 Å². The lowest BCUT2D eigenvalue weighted by Gasteiger charge is -2.30. The number of hydrogen-bond donors (Lipinski definition) is 0. The van der Waals surface area contributed by atoms with E-state index in [4.69, 9.17) is 23.7 Å². The second-order valence-corrected chi connectivity index (χ2v) is 8.31. The van der Waals surface area contributed by atoms with Crippen LogP contribution in [0.5, 0.6) is 0 Å². The molecule has 0 aromatic carbocycles. The number of rotatable bonds is 11. The molecular weight excluding hydrogens is 388 g/mol. The molecule has 3 heterocycles. The molecule has 0 saturated carbocycles. The molecule has 0 N–H and O–H groups in total. The lowest BCUT2D eigenvalue weighted by Crippen LogP contribution is -2.37. The van der Waals surface area contributed by atoms with Crippen LogP contribution in [0, 0.1) is 5.92 Å². The van der Waals surface area contributed by atoms with E-state index < -0.39 is 0 Å². The summed E-state index contributed by atoms with van der Waals surface area (Å²) in [7, 11) is 1.42. The number of methoxy groups -OCH3 is 1. The van der Waals surface area contributed by atoms with Gasteiger partial charge in [0, 0.05) is 25.6 Å². The Morgan fingerprint density at radius 3 is 2.47 bits per heavy atom. The molecule has 3 saturated heterocycles. The maximum absolute atomic E-state index is 11.2. The molecule has 3 fully saturated rings. The van der Waals surface area contributed by atoms with Crippen molar-refractivity contribution in [2.45, 2.75) is 89.0 Å². The molecule has 172 valence electrons. The molecule has 7 heteroatoms. The van der Waals surface area contributed by atoms with E-state index in [0.29, 0.717) is 19.6 Å². The quantitative estimate of drug-likeness (QED) is 0.283. The maximum atomic E-state index is 11.2. The fourth-order valence-corrected chi connectivity index (χ4v) is 4.19. The van der Waals surface area contributed by atoms with E-state index in [1.807, 2.05) is 0 Å². The molecule has 3 rings (SSSR count). The van der Waals surface area contributed by atoms with Crippen molar-refractivity contribution in [3.8, 4) is 0 Å². The maximum Gasteiger partial charge on any atom is 0.305 e. The van der Waals surface area contributed by atoms with E-state index in [2.05, 4.69) is 16.9 Å². The Bertz CT molecular complexity index is 512. The minimum absolute atomic E-state index is 0.0191. The van der Waals surface area contributed by atoms with Crippen molar-refractivity contribution in [3.05, 3.63) is 12.2 Å². The molecule has 3 aliphatic heterocycles. The Kier molecular flexibility index (Phi) is 10.6. The average Bonchev–Trinajstić information content (AvgIpc) is 3.17. The Balaban J connectivity index is 1.47. The molecular formula is C23H38O7. The molecule has 2 unspecified atom stereocenters. The lowest BCUT2D eigenvalue weighted by atomic mass is 9.97. The van der Waals surface area contributed by atoms with Gasteiger partial charge in [0.2, 0.25) is 0 Å². The Labute approximate surface area is 180 Å². The number of unbranched alkanes of at least 4 members (excludes halogenated alkanes) is 1. The van der Waals surface area contributed by atoms with Crippen molar-refractivity contribution >= 4 is 5.97 Å². The first kappa shape index (κ1) is 23.7. The predicted molar refractivity (Wildman–Crippen MR) is 111 cm³/mol. The van der Waals surface area contributed by atoms with Gasteiger partial charge in [-0.1, -0.05) is 12.2 Å². The van der Waals surface area contributed by atoms with Crippen LogP contribution in [0.15, 0.2) is 12.2 Å².